The van der Waals surface area contributed by atoms with E-state index in [1.54, 1.807) is 12.1 Å². The van der Waals surface area contributed by atoms with Crippen LogP contribution in [0.25, 0.3) is 0 Å². The van der Waals surface area contributed by atoms with Crippen LogP contribution in [-0.2, 0) is 9.84 Å². The third-order valence-corrected chi connectivity index (χ3v) is 5.27. The van der Waals surface area contributed by atoms with Crippen molar-refractivity contribution in [3.05, 3.63) is 29.8 Å². The first kappa shape index (κ1) is 14.7. The lowest BCUT2D eigenvalue weighted by atomic mass is 10.1. The average Bonchev–Trinajstić information content (AvgIpc) is 2.27. The van der Waals surface area contributed by atoms with Gasteiger partial charge in [0.05, 0.1) is 10.6 Å². The molecule has 17 heavy (non-hydrogen) atoms. The Kier molecular flexibility index (Phi) is 5.67. The number of benzene rings is 1. The molecule has 0 aromatic heterocycles. The first-order valence-electron chi connectivity index (χ1n) is 5.81. The topological polar surface area (TPSA) is 34.1 Å². The molecule has 0 radical (unpaired) electrons. The number of sulfone groups is 1. The Morgan fingerprint density at radius 1 is 1.24 bits per heavy atom. The van der Waals surface area contributed by atoms with Crippen LogP contribution in [0.4, 0.5) is 0 Å². The molecular weight excluding hydrogens is 300 g/mol. The van der Waals surface area contributed by atoms with E-state index < -0.39 is 9.84 Å². The normalized spacial score (nSPS) is 13.6. The fourth-order valence-corrected chi connectivity index (χ4v) is 4.26. The van der Waals surface area contributed by atoms with E-state index in [9.17, 15) is 8.42 Å². The average molecular weight is 319 g/mol. The maximum absolute atomic E-state index is 12.1. The van der Waals surface area contributed by atoms with Crippen LogP contribution >= 0.6 is 15.9 Å². The maximum atomic E-state index is 12.1. The van der Waals surface area contributed by atoms with E-state index in [1.807, 2.05) is 19.1 Å². The SMILES string of the molecule is Cc1ccccc1S(=O)(=O)CCC(C)CCBr. The summed E-state index contributed by atoms with van der Waals surface area (Å²) >= 11 is 3.38. The molecule has 96 valence electrons. The van der Waals surface area contributed by atoms with Gasteiger partial charge in [-0.05, 0) is 37.3 Å². The van der Waals surface area contributed by atoms with Gasteiger partial charge in [-0.1, -0.05) is 41.1 Å². The van der Waals surface area contributed by atoms with Crippen molar-refractivity contribution in [2.45, 2.75) is 31.6 Å². The van der Waals surface area contributed by atoms with Crippen molar-refractivity contribution in [3.8, 4) is 0 Å². The molecule has 0 aliphatic heterocycles. The van der Waals surface area contributed by atoms with Crippen LogP contribution in [0.2, 0.25) is 0 Å². The lowest BCUT2D eigenvalue weighted by Gasteiger charge is -2.11. The van der Waals surface area contributed by atoms with Crippen LogP contribution in [0.5, 0.6) is 0 Å². The zero-order valence-corrected chi connectivity index (χ0v) is 12.7. The quantitative estimate of drug-likeness (QED) is 0.751. The van der Waals surface area contributed by atoms with Crippen LogP contribution in [0, 0.1) is 12.8 Å². The molecule has 1 aromatic carbocycles. The minimum absolute atomic E-state index is 0.242. The predicted molar refractivity (Wildman–Crippen MR) is 75.4 cm³/mol. The fourth-order valence-electron chi connectivity index (χ4n) is 1.70. The van der Waals surface area contributed by atoms with Crippen LogP contribution in [-0.4, -0.2) is 19.5 Å². The molecule has 0 fully saturated rings. The molecule has 0 saturated heterocycles. The molecule has 0 spiro atoms. The largest absolute Gasteiger partial charge is 0.224 e. The molecule has 0 bridgehead atoms. The lowest BCUT2D eigenvalue weighted by molar-refractivity contribution is 0.536. The lowest BCUT2D eigenvalue weighted by Crippen LogP contribution is -2.11. The van der Waals surface area contributed by atoms with E-state index in [0.29, 0.717) is 10.8 Å². The van der Waals surface area contributed by atoms with E-state index in [0.717, 1.165) is 23.7 Å². The first-order valence-corrected chi connectivity index (χ1v) is 8.59. The van der Waals surface area contributed by atoms with Crippen molar-refractivity contribution in [1.82, 2.24) is 0 Å². The van der Waals surface area contributed by atoms with Gasteiger partial charge in [-0.2, -0.15) is 0 Å². The van der Waals surface area contributed by atoms with Crippen LogP contribution in [0.1, 0.15) is 25.3 Å². The fraction of sp³-hybridized carbons (Fsp3) is 0.538. The second-order valence-electron chi connectivity index (χ2n) is 4.46. The second-order valence-corrected chi connectivity index (χ2v) is 7.33. The van der Waals surface area contributed by atoms with Crippen molar-refractivity contribution in [2.24, 2.45) is 5.92 Å². The molecule has 0 aliphatic rings. The Hall–Kier alpha value is -0.350. The van der Waals surface area contributed by atoms with Gasteiger partial charge in [0.15, 0.2) is 9.84 Å². The second kappa shape index (κ2) is 6.55. The van der Waals surface area contributed by atoms with E-state index >= 15 is 0 Å². The Morgan fingerprint density at radius 3 is 2.47 bits per heavy atom. The molecule has 1 atom stereocenters. The van der Waals surface area contributed by atoms with Crippen molar-refractivity contribution >= 4 is 25.8 Å². The minimum Gasteiger partial charge on any atom is -0.224 e. The maximum Gasteiger partial charge on any atom is 0.178 e. The van der Waals surface area contributed by atoms with Gasteiger partial charge in [-0.3, -0.25) is 0 Å². The number of hydrogen-bond acceptors (Lipinski definition) is 2. The Balaban J connectivity index is 2.73. The summed E-state index contributed by atoms with van der Waals surface area (Å²) in [7, 11) is -3.12. The minimum atomic E-state index is -3.12. The van der Waals surface area contributed by atoms with Crippen molar-refractivity contribution < 1.29 is 8.42 Å². The number of rotatable bonds is 6. The molecule has 2 nitrogen and oxygen atoms in total. The summed E-state index contributed by atoms with van der Waals surface area (Å²) in [6.07, 6.45) is 1.74. The zero-order chi connectivity index (χ0) is 12.9. The van der Waals surface area contributed by atoms with Gasteiger partial charge < -0.3 is 0 Å². The molecule has 0 heterocycles. The molecule has 0 amide bonds. The van der Waals surface area contributed by atoms with Gasteiger partial charge in [0.2, 0.25) is 0 Å². The van der Waals surface area contributed by atoms with Crippen LogP contribution in [0.15, 0.2) is 29.2 Å². The highest BCUT2D eigenvalue weighted by atomic mass is 79.9. The number of aryl methyl sites for hydroxylation is 1. The third-order valence-electron chi connectivity index (χ3n) is 2.91. The van der Waals surface area contributed by atoms with Crippen molar-refractivity contribution in [1.29, 1.82) is 0 Å². The van der Waals surface area contributed by atoms with Crippen LogP contribution < -0.4 is 0 Å². The van der Waals surface area contributed by atoms with E-state index in [1.165, 1.54) is 0 Å². The Labute approximate surface area is 112 Å². The van der Waals surface area contributed by atoms with Gasteiger partial charge in [0.25, 0.3) is 0 Å². The Morgan fingerprint density at radius 2 is 1.88 bits per heavy atom. The molecular formula is C13H19BrO2S. The van der Waals surface area contributed by atoms with Gasteiger partial charge in [0.1, 0.15) is 0 Å². The third kappa shape index (κ3) is 4.43. The first-order chi connectivity index (χ1) is 7.97. The summed E-state index contributed by atoms with van der Waals surface area (Å²) in [6, 6.07) is 7.18. The van der Waals surface area contributed by atoms with Gasteiger partial charge in [-0.15, -0.1) is 0 Å². The number of halogens is 1. The molecule has 1 aromatic rings. The number of hydrogen-bond donors (Lipinski definition) is 0. The van der Waals surface area contributed by atoms with E-state index in [2.05, 4.69) is 22.9 Å². The summed E-state index contributed by atoms with van der Waals surface area (Å²) in [4.78, 5) is 0.478. The monoisotopic (exact) mass is 318 g/mol. The highest BCUT2D eigenvalue weighted by molar-refractivity contribution is 9.09. The predicted octanol–water partition coefficient (Wildman–Crippen LogP) is 3.58. The highest BCUT2D eigenvalue weighted by Gasteiger charge is 2.17. The molecule has 0 saturated carbocycles. The summed E-state index contributed by atoms with van der Waals surface area (Å²) in [6.45, 7) is 3.93. The molecule has 0 aliphatic carbocycles. The van der Waals surface area contributed by atoms with Crippen molar-refractivity contribution in [3.63, 3.8) is 0 Å². The molecule has 1 rings (SSSR count). The zero-order valence-electron chi connectivity index (χ0n) is 10.3. The molecule has 0 N–H and O–H groups in total. The standard InChI is InChI=1S/C13H19BrO2S/c1-11(7-9-14)8-10-17(15,16)13-6-4-3-5-12(13)2/h3-6,11H,7-10H2,1-2H3. The van der Waals surface area contributed by atoms with E-state index in [4.69, 9.17) is 0 Å². The number of alkyl halides is 1. The molecule has 1 unspecified atom stereocenters. The highest BCUT2D eigenvalue weighted by Crippen LogP contribution is 2.19. The van der Waals surface area contributed by atoms with Crippen molar-refractivity contribution in [2.75, 3.05) is 11.1 Å². The summed E-state index contributed by atoms with van der Waals surface area (Å²) < 4.78 is 24.3. The summed E-state index contributed by atoms with van der Waals surface area (Å²) in [5.41, 5.74) is 0.834. The van der Waals surface area contributed by atoms with Gasteiger partial charge in [-0.25, -0.2) is 8.42 Å². The van der Waals surface area contributed by atoms with E-state index in [-0.39, 0.29) is 5.75 Å². The van der Waals surface area contributed by atoms with Crippen LogP contribution in [0.3, 0.4) is 0 Å². The summed E-state index contributed by atoms with van der Waals surface area (Å²) in [5, 5.41) is 0.929. The Bertz CT molecular complexity index is 454. The molecule has 4 heteroatoms. The summed E-state index contributed by atoms with van der Waals surface area (Å²) in [5.74, 6) is 0.680. The van der Waals surface area contributed by atoms with Gasteiger partial charge in [0, 0.05) is 5.33 Å². The van der Waals surface area contributed by atoms with Gasteiger partial charge >= 0.3 is 0 Å². The smallest absolute Gasteiger partial charge is 0.178 e.